The summed E-state index contributed by atoms with van der Waals surface area (Å²) in [4.78, 5) is 14.1. The van der Waals surface area contributed by atoms with E-state index in [0.717, 1.165) is 12.3 Å². The van der Waals surface area contributed by atoms with Crippen LogP contribution < -0.4 is 5.32 Å². The molecule has 1 heterocycles. The lowest BCUT2D eigenvalue weighted by Gasteiger charge is -2.27. The molecule has 0 saturated heterocycles. The van der Waals surface area contributed by atoms with E-state index in [1.54, 1.807) is 0 Å². The molecule has 1 saturated carbocycles. The van der Waals surface area contributed by atoms with Gasteiger partial charge in [-0.1, -0.05) is 0 Å². The summed E-state index contributed by atoms with van der Waals surface area (Å²) in [6.07, 6.45) is -0.970. The van der Waals surface area contributed by atoms with Gasteiger partial charge in [-0.25, -0.2) is 0 Å². The number of anilines is 1. The maximum atomic E-state index is 12.5. The van der Waals surface area contributed by atoms with Crippen molar-refractivity contribution in [3.05, 3.63) is 24.0 Å². The SMILES string of the molecule is O=C(O)C1CCC(Nc2ccnc(C(F)(F)F)c2)CC1. The van der Waals surface area contributed by atoms with E-state index in [2.05, 4.69) is 10.3 Å². The van der Waals surface area contributed by atoms with Crippen molar-refractivity contribution < 1.29 is 23.1 Å². The van der Waals surface area contributed by atoms with Gasteiger partial charge in [0.2, 0.25) is 0 Å². The quantitative estimate of drug-likeness (QED) is 0.897. The molecule has 4 nitrogen and oxygen atoms in total. The monoisotopic (exact) mass is 288 g/mol. The standard InChI is InChI=1S/C13H15F3N2O2/c14-13(15,16)11-7-10(5-6-17-11)18-9-3-1-8(2-4-9)12(19)20/h5-9H,1-4H2,(H,17,18)(H,19,20). The summed E-state index contributed by atoms with van der Waals surface area (Å²) < 4.78 is 37.6. The van der Waals surface area contributed by atoms with Crippen molar-refractivity contribution >= 4 is 11.7 Å². The van der Waals surface area contributed by atoms with Gasteiger partial charge in [0.15, 0.2) is 0 Å². The minimum Gasteiger partial charge on any atom is -0.481 e. The summed E-state index contributed by atoms with van der Waals surface area (Å²) in [5.74, 6) is -1.14. The molecular weight excluding hydrogens is 273 g/mol. The summed E-state index contributed by atoms with van der Waals surface area (Å²) in [5, 5.41) is 11.9. The molecule has 0 atom stereocenters. The number of nitrogens with one attached hydrogen (secondary N) is 1. The molecule has 0 unspecified atom stereocenters. The number of aliphatic carboxylic acids is 1. The van der Waals surface area contributed by atoms with E-state index in [9.17, 15) is 18.0 Å². The third-order valence-electron chi connectivity index (χ3n) is 3.50. The molecule has 1 fully saturated rings. The van der Waals surface area contributed by atoms with Crippen LogP contribution in [-0.2, 0) is 11.0 Å². The van der Waals surface area contributed by atoms with Crippen LogP contribution in [0.2, 0.25) is 0 Å². The molecule has 2 rings (SSSR count). The highest BCUT2D eigenvalue weighted by Gasteiger charge is 2.33. The zero-order valence-corrected chi connectivity index (χ0v) is 10.7. The molecule has 0 spiro atoms. The number of hydrogen-bond acceptors (Lipinski definition) is 3. The van der Waals surface area contributed by atoms with E-state index in [0.29, 0.717) is 31.4 Å². The number of alkyl halides is 3. The largest absolute Gasteiger partial charge is 0.481 e. The number of rotatable bonds is 3. The molecule has 1 aromatic rings. The number of pyridine rings is 1. The zero-order chi connectivity index (χ0) is 14.8. The van der Waals surface area contributed by atoms with E-state index in [-0.39, 0.29) is 12.0 Å². The lowest BCUT2D eigenvalue weighted by Crippen LogP contribution is -2.29. The summed E-state index contributed by atoms with van der Waals surface area (Å²) in [6.45, 7) is 0. The highest BCUT2D eigenvalue weighted by Crippen LogP contribution is 2.30. The van der Waals surface area contributed by atoms with Crippen LogP contribution >= 0.6 is 0 Å². The molecule has 1 aliphatic carbocycles. The second kappa shape index (κ2) is 5.68. The average molecular weight is 288 g/mol. The van der Waals surface area contributed by atoms with Crippen molar-refractivity contribution in [3.63, 3.8) is 0 Å². The Kier molecular flexibility index (Phi) is 4.15. The molecule has 0 aromatic carbocycles. The van der Waals surface area contributed by atoms with Gasteiger partial charge >= 0.3 is 12.1 Å². The van der Waals surface area contributed by atoms with Gasteiger partial charge in [0.05, 0.1) is 5.92 Å². The van der Waals surface area contributed by atoms with Gasteiger partial charge in [0.25, 0.3) is 0 Å². The molecule has 7 heteroatoms. The summed E-state index contributed by atoms with van der Waals surface area (Å²) >= 11 is 0. The van der Waals surface area contributed by atoms with Gasteiger partial charge in [-0.2, -0.15) is 13.2 Å². The highest BCUT2D eigenvalue weighted by atomic mass is 19.4. The van der Waals surface area contributed by atoms with E-state index < -0.39 is 17.8 Å². The first-order valence-corrected chi connectivity index (χ1v) is 6.39. The van der Waals surface area contributed by atoms with Crippen LogP contribution in [0.1, 0.15) is 31.4 Å². The highest BCUT2D eigenvalue weighted by molar-refractivity contribution is 5.70. The van der Waals surface area contributed by atoms with E-state index in [1.807, 2.05) is 0 Å². The average Bonchev–Trinajstić information content (AvgIpc) is 2.38. The summed E-state index contributed by atoms with van der Waals surface area (Å²) in [5.41, 5.74) is -0.562. The normalized spacial score (nSPS) is 23.4. The Hall–Kier alpha value is -1.79. The first-order chi connectivity index (χ1) is 9.36. The number of carboxylic acids is 1. The summed E-state index contributed by atoms with van der Waals surface area (Å²) in [7, 11) is 0. The second-order valence-corrected chi connectivity index (χ2v) is 4.96. The number of carbonyl (C=O) groups is 1. The molecule has 20 heavy (non-hydrogen) atoms. The van der Waals surface area contributed by atoms with Gasteiger partial charge < -0.3 is 10.4 Å². The Bertz CT molecular complexity index is 483. The smallest absolute Gasteiger partial charge is 0.433 e. The Morgan fingerprint density at radius 1 is 1.30 bits per heavy atom. The number of aromatic nitrogens is 1. The van der Waals surface area contributed by atoms with Gasteiger partial charge in [0.1, 0.15) is 5.69 Å². The lowest BCUT2D eigenvalue weighted by molar-refractivity contribution is -0.143. The number of hydrogen-bond donors (Lipinski definition) is 2. The van der Waals surface area contributed by atoms with Gasteiger partial charge in [0, 0.05) is 17.9 Å². The molecule has 1 aliphatic rings. The topological polar surface area (TPSA) is 62.2 Å². The van der Waals surface area contributed by atoms with Crippen LogP contribution in [0.5, 0.6) is 0 Å². The van der Waals surface area contributed by atoms with Crippen LogP contribution in [-0.4, -0.2) is 22.1 Å². The van der Waals surface area contributed by atoms with Gasteiger partial charge in [-0.3, -0.25) is 9.78 Å². The molecule has 1 aromatic heterocycles. The van der Waals surface area contributed by atoms with E-state index in [1.165, 1.54) is 6.07 Å². The van der Waals surface area contributed by atoms with Crippen molar-refractivity contribution in [2.45, 2.75) is 37.9 Å². The van der Waals surface area contributed by atoms with Crippen molar-refractivity contribution in [1.29, 1.82) is 0 Å². The third-order valence-corrected chi connectivity index (χ3v) is 3.50. The molecule has 110 valence electrons. The second-order valence-electron chi connectivity index (χ2n) is 4.96. The maximum Gasteiger partial charge on any atom is 0.433 e. The first kappa shape index (κ1) is 14.6. The molecule has 2 N–H and O–H groups in total. The Morgan fingerprint density at radius 3 is 2.50 bits per heavy atom. The molecule has 0 bridgehead atoms. The Balaban J connectivity index is 1.96. The molecule has 0 aliphatic heterocycles. The number of nitrogens with zero attached hydrogens (tertiary/aromatic N) is 1. The Labute approximate surface area is 114 Å². The predicted molar refractivity (Wildman–Crippen MR) is 66.2 cm³/mol. The number of halogens is 3. The van der Waals surface area contributed by atoms with Crippen molar-refractivity contribution in [3.8, 4) is 0 Å². The van der Waals surface area contributed by atoms with Crippen molar-refractivity contribution in [2.75, 3.05) is 5.32 Å². The van der Waals surface area contributed by atoms with E-state index >= 15 is 0 Å². The van der Waals surface area contributed by atoms with Crippen LogP contribution in [0.3, 0.4) is 0 Å². The maximum absolute atomic E-state index is 12.5. The molecule has 0 radical (unpaired) electrons. The molecule has 0 amide bonds. The first-order valence-electron chi connectivity index (χ1n) is 6.39. The summed E-state index contributed by atoms with van der Waals surface area (Å²) in [6, 6.07) is 2.47. The number of carboxylic acid groups (broad SMARTS) is 1. The third kappa shape index (κ3) is 3.61. The minimum atomic E-state index is -4.46. The predicted octanol–water partition coefficient (Wildman–Crippen LogP) is 3.16. The Morgan fingerprint density at radius 2 is 1.95 bits per heavy atom. The van der Waals surface area contributed by atoms with Crippen LogP contribution in [0.25, 0.3) is 0 Å². The van der Waals surface area contributed by atoms with Crippen molar-refractivity contribution in [2.24, 2.45) is 5.92 Å². The van der Waals surface area contributed by atoms with E-state index in [4.69, 9.17) is 5.11 Å². The molecular formula is C13H15F3N2O2. The van der Waals surface area contributed by atoms with Gasteiger partial charge in [-0.05, 0) is 37.8 Å². The fourth-order valence-corrected chi connectivity index (χ4v) is 2.40. The van der Waals surface area contributed by atoms with Crippen LogP contribution in [0.4, 0.5) is 18.9 Å². The lowest BCUT2D eigenvalue weighted by atomic mass is 9.86. The van der Waals surface area contributed by atoms with Gasteiger partial charge in [-0.15, -0.1) is 0 Å². The van der Waals surface area contributed by atoms with Crippen LogP contribution in [0, 0.1) is 5.92 Å². The fraction of sp³-hybridized carbons (Fsp3) is 0.538. The van der Waals surface area contributed by atoms with Crippen LogP contribution in [0.15, 0.2) is 18.3 Å². The zero-order valence-electron chi connectivity index (χ0n) is 10.7. The minimum absolute atomic E-state index is 0.00841. The van der Waals surface area contributed by atoms with Crippen molar-refractivity contribution in [1.82, 2.24) is 4.98 Å². The fourth-order valence-electron chi connectivity index (χ4n) is 2.40.